The van der Waals surface area contributed by atoms with Gasteiger partial charge < -0.3 is 18.9 Å². The number of fused-ring (bicyclic) bond motifs is 1. The lowest BCUT2D eigenvalue weighted by Gasteiger charge is -2.14. The van der Waals surface area contributed by atoms with E-state index in [2.05, 4.69) is 0 Å². The van der Waals surface area contributed by atoms with Crippen LogP contribution < -0.4 is 18.9 Å². The summed E-state index contributed by atoms with van der Waals surface area (Å²) in [6.45, 7) is 0.0870. The molecule has 0 N–H and O–H groups in total. The highest BCUT2D eigenvalue weighted by Gasteiger charge is 2.35. The van der Waals surface area contributed by atoms with Crippen LogP contribution in [0.15, 0.2) is 59.5 Å². The SMILES string of the molecule is COc1ccc(/C=C2\SC(=O)N(Cc3cc4c(cc3Cl)OCO4)C2=O)cc1OCc1ccccc1F. The molecule has 10 heteroatoms. The third-order valence-electron chi connectivity index (χ3n) is 5.57. The van der Waals surface area contributed by atoms with Gasteiger partial charge in [-0.15, -0.1) is 0 Å². The lowest BCUT2D eigenvalue weighted by atomic mass is 10.1. The monoisotopic (exact) mass is 527 g/mol. The molecule has 2 heterocycles. The van der Waals surface area contributed by atoms with Gasteiger partial charge in [0.15, 0.2) is 23.0 Å². The van der Waals surface area contributed by atoms with Crippen molar-refractivity contribution in [1.29, 1.82) is 0 Å². The van der Waals surface area contributed by atoms with Gasteiger partial charge in [0.1, 0.15) is 12.4 Å². The maximum absolute atomic E-state index is 14.0. The fourth-order valence-electron chi connectivity index (χ4n) is 3.71. The number of carbonyl (C=O) groups excluding carboxylic acids is 2. The highest BCUT2D eigenvalue weighted by Crippen LogP contribution is 2.40. The van der Waals surface area contributed by atoms with Crippen LogP contribution in [0.3, 0.4) is 0 Å². The molecule has 2 amide bonds. The fourth-order valence-corrected chi connectivity index (χ4v) is 4.76. The van der Waals surface area contributed by atoms with Gasteiger partial charge in [-0.3, -0.25) is 14.5 Å². The molecule has 1 fully saturated rings. The minimum atomic E-state index is -0.441. The molecule has 0 bridgehead atoms. The molecule has 3 aromatic rings. The van der Waals surface area contributed by atoms with E-state index in [-0.39, 0.29) is 30.7 Å². The lowest BCUT2D eigenvalue weighted by molar-refractivity contribution is -0.123. The maximum Gasteiger partial charge on any atom is 0.293 e. The van der Waals surface area contributed by atoms with Gasteiger partial charge in [-0.25, -0.2) is 4.39 Å². The largest absolute Gasteiger partial charge is 0.493 e. The van der Waals surface area contributed by atoms with Crippen LogP contribution in [-0.4, -0.2) is 29.9 Å². The summed E-state index contributed by atoms with van der Waals surface area (Å²) < 4.78 is 35.8. The molecule has 2 aliphatic rings. The van der Waals surface area contributed by atoms with E-state index < -0.39 is 11.1 Å². The first-order valence-corrected chi connectivity index (χ1v) is 12.0. The zero-order valence-electron chi connectivity index (χ0n) is 19.0. The minimum absolute atomic E-state index is 0.000700. The summed E-state index contributed by atoms with van der Waals surface area (Å²) in [4.78, 5) is 27.1. The van der Waals surface area contributed by atoms with E-state index in [0.717, 1.165) is 16.7 Å². The molecule has 0 saturated carbocycles. The van der Waals surface area contributed by atoms with Gasteiger partial charge in [0, 0.05) is 16.7 Å². The van der Waals surface area contributed by atoms with E-state index in [1.54, 1.807) is 54.6 Å². The van der Waals surface area contributed by atoms with Gasteiger partial charge in [-0.1, -0.05) is 35.9 Å². The van der Waals surface area contributed by atoms with Gasteiger partial charge in [0.05, 0.1) is 18.6 Å². The summed E-state index contributed by atoms with van der Waals surface area (Å²) in [5.41, 5.74) is 1.58. The predicted molar refractivity (Wildman–Crippen MR) is 133 cm³/mol. The summed E-state index contributed by atoms with van der Waals surface area (Å²) >= 11 is 7.16. The third-order valence-corrected chi connectivity index (χ3v) is 6.83. The number of hydrogen-bond donors (Lipinski definition) is 0. The number of thioether (sulfide) groups is 1. The van der Waals surface area contributed by atoms with Crippen LogP contribution in [-0.2, 0) is 17.9 Å². The molecular formula is C26H19ClFNO6S. The molecule has 0 unspecified atom stereocenters. The molecule has 36 heavy (non-hydrogen) atoms. The maximum atomic E-state index is 14.0. The molecule has 1 saturated heterocycles. The zero-order chi connectivity index (χ0) is 25.2. The second kappa shape index (κ2) is 10.1. The van der Waals surface area contributed by atoms with Crippen molar-refractivity contribution in [2.24, 2.45) is 0 Å². The molecule has 7 nitrogen and oxygen atoms in total. The summed E-state index contributed by atoms with van der Waals surface area (Å²) in [5.74, 6) is 1.05. The van der Waals surface area contributed by atoms with Gasteiger partial charge in [-0.05, 0) is 53.2 Å². The first kappa shape index (κ1) is 24.0. The quantitative estimate of drug-likeness (QED) is 0.347. The van der Waals surface area contributed by atoms with Gasteiger partial charge in [0.25, 0.3) is 11.1 Å². The number of nitrogens with zero attached hydrogens (tertiary/aromatic N) is 1. The lowest BCUT2D eigenvalue weighted by Crippen LogP contribution is -2.27. The fraction of sp³-hybridized carbons (Fsp3) is 0.154. The Morgan fingerprint density at radius 3 is 2.61 bits per heavy atom. The Balaban J connectivity index is 1.35. The highest BCUT2D eigenvalue weighted by atomic mass is 35.5. The number of carbonyl (C=O) groups is 2. The van der Waals surface area contributed by atoms with E-state index in [4.69, 9.17) is 30.5 Å². The molecule has 0 radical (unpaired) electrons. The average molecular weight is 528 g/mol. The Hall–Kier alpha value is -3.69. The molecule has 3 aromatic carbocycles. The topological polar surface area (TPSA) is 74.3 Å². The van der Waals surface area contributed by atoms with E-state index >= 15 is 0 Å². The highest BCUT2D eigenvalue weighted by molar-refractivity contribution is 8.18. The number of benzene rings is 3. The second-order valence-corrected chi connectivity index (χ2v) is 9.26. The number of halogens is 2. The number of imide groups is 1. The average Bonchev–Trinajstić information content (AvgIpc) is 3.42. The first-order valence-electron chi connectivity index (χ1n) is 10.8. The molecule has 5 rings (SSSR count). The van der Waals surface area contributed by atoms with Gasteiger partial charge in [-0.2, -0.15) is 0 Å². The number of rotatable bonds is 7. The van der Waals surface area contributed by atoms with Crippen molar-refractivity contribution in [3.05, 3.63) is 87.0 Å². The Bertz CT molecular complexity index is 1390. The van der Waals surface area contributed by atoms with Crippen LogP contribution in [0.4, 0.5) is 9.18 Å². The minimum Gasteiger partial charge on any atom is -0.493 e. The number of methoxy groups -OCH3 is 1. The first-order chi connectivity index (χ1) is 17.4. The predicted octanol–water partition coefficient (Wildman–Crippen LogP) is 6.03. The smallest absolute Gasteiger partial charge is 0.293 e. The van der Waals surface area contributed by atoms with Gasteiger partial charge >= 0.3 is 0 Å². The van der Waals surface area contributed by atoms with Crippen LogP contribution in [0.5, 0.6) is 23.0 Å². The van der Waals surface area contributed by atoms with Crippen LogP contribution >= 0.6 is 23.4 Å². The summed E-state index contributed by atoms with van der Waals surface area (Å²) in [5, 5.41) is -0.0430. The second-order valence-electron chi connectivity index (χ2n) is 7.86. The van der Waals surface area contributed by atoms with Crippen molar-refractivity contribution >= 4 is 40.6 Å². The standard InChI is InChI=1S/C26H19ClFNO6S/c1-32-20-7-6-15(8-21(20)33-13-16-4-2-3-5-19(16)28)9-24-25(30)29(26(31)36-24)12-17-10-22-23(11-18(17)27)35-14-34-22/h2-11H,12-14H2,1H3/b24-9-. The molecule has 0 spiro atoms. The van der Waals surface area contributed by atoms with Crippen molar-refractivity contribution in [2.75, 3.05) is 13.9 Å². The van der Waals surface area contributed by atoms with Crippen LogP contribution in [0.2, 0.25) is 5.02 Å². The number of hydrogen-bond acceptors (Lipinski definition) is 7. The molecule has 0 aromatic heterocycles. The Labute approximate surface area is 215 Å². The summed E-state index contributed by atoms with van der Waals surface area (Å²) in [6.07, 6.45) is 1.60. The summed E-state index contributed by atoms with van der Waals surface area (Å²) in [7, 11) is 1.50. The van der Waals surface area contributed by atoms with Crippen molar-refractivity contribution in [2.45, 2.75) is 13.2 Å². The molecule has 0 aliphatic carbocycles. The van der Waals surface area contributed by atoms with Crippen LogP contribution in [0.1, 0.15) is 16.7 Å². The number of amides is 2. The normalized spacial score (nSPS) is 15.6. The molecule has 2 aliphatic heterocycles. The van der Waals surface area contributed by atoms with E-state index in [1.165, 1.54) is 13.2 Å². The van der Waals surface area contributed by atoms with Crippen LogP contribution in [0, 0.1) is 5.82 Å². The Morgan fingerprint density at radius 1 is 1.06 bits per heavy atom. The van der Waals surface area contributed by atoms with Crippen LogP contribution in [0.25, 0.3) is 6.08 Å². The molecule has 0 atom stereocenters. The number of ether oxygens (including phenoxy) is 4. The van der Waals surface area contributed by atoms with E-state index in [1.807, 2.05) is 0 Å². The zero-order valence-corrected chi connectivity index (χ0v) is 20.5. The van der Waals surface area contributed by atoms with Crippen molar-refractivity contribution in [1.82, 2.24) is 4.90 Å². The van der Waals surface area contributed by atoms with Crippen molar-refractivity contribution in [3.63, 3.8) is 0 Å². The van der Waals surface area contributed by atoms with Gasteiger partial charge in [0.2, 0.25) is 6.79 Å². The molecular weight excluding hydrogens is 509 g/mol. The third kappa shape index (κ3) is 4.84. The Morgan fingerprint density at radius 2 is 1.83 bits per heavy atom. The van der Waals surface area contributed by atoms with E-state index in [9.17, 15) is 14.0 Å². The Kier molecular flexibility index (Phi) is 6.75. The van der Waals surface area contributed by atoms with Crippen molar-refractivity contribution < 1.29 is 32.9 Å². The van der Waals surface area contributed by atoms with Crippen molar-refractivity contribution in [3.8, 4) is 23.0 Å². The van der Waals surface area contributed by atoms with E-state index in [0.29, 0.717) is 44.7 Å². The molecule has 184 valence electrons. The summed E-state index contributed by atoms with van der Waals surface area (Å²) in [6, 6.07) is 14.7.